The molecule has 1 fully saturated rings. The maximum absolute atomic E-state index is 9.18. The fraction of sp³-hybridized carbons (Fsp3) is 0.647. The molecule has 1 aliphatic heterocycles. The molecule has 1 heterocycles. The van der Waals surface area contributed by atoms with Gasteiger partial charge < -0.3 is 10.4 Å². The molecule has 118 valence electrons. The number of aliphatic hydroxyl groups excluding tert-OH is 1. The average Bonchev–Trinajstić information content (AvgIpc) is 2.80. The topological polar surface area (TPSA) is 35.5 Å². The first-order chi connectivity index (χ1) is 10.2. The molecule has 0 bridgehead atoms. The standard InChI is InChI=1S/C17H28N2OS/c1-14-10-17(18-16(8-9-20)13-21-2)12-19(14)11-15-6-4-3-5-7-15/h3-7,14,16-18,20H,8-13H2,1-2H3. The Morgan fingerprint density at radius 3 is 2.81 bits per heavy atom. The summed E-state index contributed by atoms with van der Waals surface area (Å²) in [6.45, 7) is 4.73. The van der Waals surface area contributed by atoms with Crippen LogP contribution < -0.4 is 5.32 Å². The SMILES string of the molecule is CSCC(CCO)NC1CC(C)N(Cc2ccccc2)C1. The van der Waals surface area contributed by atoms with Crippen LogP contribution in [0.5, 0.6) is 0 Å². The fourth-order valence-corrected chi connectivity index (χ4v) is 3.83. The number of hydrogen-bond acceptors (Lipinski definition) is 4. The highest BCUT2D eigenvalue weighted by atomic mass is 32.2. The van der Waals surface area contributed by atoms with Gasteiger partial charge >= 0.3 is 0 Å². The van der Waals surface area contributed by atoms with Gasteiger partial charge in [-0.3, -0.25) is 4.90 Å². The summed E-state index contributed by atoms with van der Waals surface area (Å²) in [5.41, 5.74) is 1.39. The Bertz CT molecular complexity index is 395. The van der Waals surface area contributed by atoms with E-state index in [1.54, 1.807) is 0 Å². The summed E-state index contributed by atoms with van der Waals surface area (Å²) in [5.74, 6) is 1.07. The van der Waals surface area contributed by atoms with Crippen molar-refractivity contribution < 1.29 is 5.11 Å². The van der Waals surface area contributed by atoms with Crippen molar-refractivity contribution in [1.82, 2.24) is 10.2 Å². The molecule has 3 nitrogen and oxygen atoms in total. The molecule has 1 aromatic rings. The van der Waals surface area contributed by atoms with Gasteiger partial charge in [0, 0.05) is 43.6 Å². The van der Waals surface area contributed by atoms with Gasteiger partial charge in [0.2, 0.25) is 0 Å². The molecule has 2 N–H and O–H groups in total. The Morgan fingerprint density at radius 1 is 1.38 bits per heavy atom. The molecule has 4 heteroatoms. The highest BCUT2D eigenvalue weighted by Crippen LogP contribution is 2.21. The lowest BCUT2D eigenvalue weighted by molar-refractivity contribution is 0.249. The second kappa shape index (κ2) is 8.79. The van der Waals surface area contributed by atoms with E-state index in [4.69, 9.17) is 0 Å². The first-order valence-corrected chi connectivity index (χ1v) is 9.26. The Labute approximate surface area is 133 Å². The molecular formula is C17H28N2OS. The number of thioether (sulfide) groups is 1. The van der Waals surface area contributed by atoms with Crippen molar-refractivity contribution in [2.75, 3.05) is 25.2 Å². The summed E-state index contributed by atoms with van der Waals surface area (Å²) in [4.78, 5) is 2.56. The molecule has 0 radical (unpaired) electrons. The van der Waals surface area contributed by atoms with Gasteiger partial charge in [-0.2, -0.15) is 11.8 Å². The van der Waals surface area contributed by atoms with E-state index in [1.807, 2.05) is 11.8 Å². The lowest BCUT2D eigenvalue weighted by atomic mass is 10.1. The van der Waals surface area contributed by atoms with E-state index in [9.17, 15) is 5.11 Å². The first kappa shape index (κ1) is 16.8. The number of benzene rings is 1. The molecule has 21 heavy (non-hydrogen) atoms. The Kier molecular flexibility index (Phi) is 7.04. The molecule has 0 amide bonds. The van der Waals surface area contributed by atoms with E-state index in [0.717, 1.165) is 25.3 Å². The van der Waals surface area contributed by atoms with E-state index in [0.29, 0.717) is 18.1 Å². The van der Waals surface area contributed by atoms with Crippen LogP contribution in [0, 0.1) is 0 Å². The average molecular weight is 308 g/mol. The highest BCUT2D eigenvalue weighted by Gasteiger charge is 2.29. The molecule has 1 aromatic carbocycles. The minimum atomic E-state index is 0.272. The van der Waals surface area contributed by atoms with Crippen LogP contribution in [0.3, 0.4) is 0 Å². The van der Waals surface area contributed by atoms with E-state index >= 15 is 0 Å². The van der Waals surface area contributed by atoms with Crippen LogP contribution in [-0.4, -0.2) is 53.3 Å². The van der Waals surface area contributed by atoms with Gasteiger partial charge in [0.15, 0.2) is 0 Å². The Morgan fingerprint density at radius 2 is 2.14 bits per heavy atom. The van der Waals surface area contributed by atoms with Crippen LogP contribution in [0.1, 0.15) is 25.3 Å². The smallest absolute Gasteiger partial charge is 0.0446 e. The quantitative estimate of drug-likeness (QED) is 0.773. The number of rotatable bonds is 8. The van der Waals surface area contributed by atoms with E-state index in [-0.39, 0.29) is 6.61 Å². The summed E-state index contributed by atoms with van der Waals surface area (Å²) >= 11 is 1.85. The third-order valence-corrected chi connectivity index (χ3v) is 4.98. The lowest BCUT2D eigenvalue weighted by Gasteiger charge is -2.23. The molecule has 3 unspecified atom stereocenters. The van der Waals surface area contributed by atoms with Gasteiger partial charge in [-0.15, -0.1) is 0 Å². The zero-order chi connectivity index (χ0) is 15.1. The summed E-state index contributed by atoms with van der Waals surface area (Å²) in [6.07, 6.45) is 4.18. The minimum Gasteiger partial charge on any atom is -0.396 e. The second-order valence-corrected chi connectivity index (χ2v) is 6.94. The van der Waals surface area contributed by atoms with Gasteiger partial charge in [-0.25, -0.2) is 0 Å². The zero-order valence-electron chi connectivity index (χ0n) is 13.2. The fourth-order valence-electron chi connectivity index (χ4n) is 3.16. The van der Waals surface area contributed by atoms with Crippen LogP contribution in [0.2, 0.25) is 0 Å². The van der Waals surface area contributed by atoms with Gasteiger partial charge in [0.1, 0.15) is 0 Å². The first-order valence-electron chi connectivity index (χ1n) is 7.86. The second-order valence-electron chi connectivity index (χ2n) is 6.03. The molecular weight excluding hydrogens is 280 g/mol. The molecule has 0 saturated carbocycles. The predicted molar refractivity (Wildman–Crippen MR) is 91.7 cm³/mol. The van der Waals surface area contributed by atoms with Gasteiger partial charge in [-0.05, 0) is 31.6 Å². The van der Waals surface area contributed by atoms with Crippen molar-refractivity contribution in [1.29, 1.82) is 0 Å². The van der Waals surface area contributed by atoms with Gasteiger partial charge in [-0.1, -0.05) is 30.3 Å². The summed E-state index contributed by atoms with van der Waals surface area (Å²) in [6, 6.07) is 12.3. The maximum Gasteiger partial charge on any atom is 0.0446 e. The largest absolute Gasteiger partial charge is 0.396 e. The molecule has 1 saturated heterocycles. The lowest BCUT2D eigenvalue weighted by Crippen LogP contribution is -2.41. The third kappa shape index (κ3) is 5.29. The number of aliphatic hydroxyl groups is 1. The molecule has 0 spiro atoms. The number of hydrogen-bond donors (Lipinski definition) is 2. The molecule has 0 aromatic heterocycles. The summed E-state index contributed by atoms with van der Waals surface area (Å²) in [7, 11) is 0. The number of likely N-dealkylation sites (tertiary alicyclic amines) is 1. The Hall–Kier alpha value is -0.550. The molecule has 3 atom stereocenters. The highest BCUT2D eigenvalue weighted by molar-refractivity contribution is 7.98. The maximum atomic E-state index is 9.18. The number of nitrogens with zero attached hydrogens (tertiary/aromatic N) is 1. The zero-order valence-corrected chi connectivity index (χ0v) is 14.0. The van der Waals surface area contributed by atoms with Gasteiger partial charge in [0.25, 0.3) is 0 Å². The summed E-state index contributed by atoms with van der Waals surface area (Å²) < 4.78 is 0. The van der Waals surface area contributed by atoms with Crippen molar-refractivity contribution in [3.05, 3.63) is 35.9 Å². The summed E-state index contributed by atoms with van der Waals surface area (Å²) in [5, 5.41) is 12.9. The van der Waals surface area contributed by atoms with Crippen LogP contribution >= 0.6 is 11.8 Å². The minimum absolute atomic E-state index is 0.272. The Balaban J connectivity index is 1.85. The van der Waals surface area contributed by atoms with Gasteiger partial charge in [0.05, 0.1) is 0 Å². The van der Waals surface area contributed by atoms with Crippen molar-refractivity contribution in [2.24, 2.45) is 0 Å². The van der Waals surface area contributed by atoms with E-state index in [2.05, 4.69) is 53.7 Å². The van der Waals surface area contributed by atoms with Crippen LogP contribution in [0.4, 0.5) is 0 Å². The van der Waals surface area contributed by atoms with Crippen LogP contribution in [0.15, 0.2) is 30.3 Å². The van der Waals surface area contributed by atoms with Crippen molar-refractivity contribution >= 4 is 11.8 Å². The van der Waals surface area contributed by atoms with Crippen molar-refractivity contribution in [3.8, 4) is 0 Å². The van der Waals surface area contributed by atoms with E-state index < -0.39 is 0 Å². The third-order valence-electron chi connectivity index (χ3n) is 4.25. The van der Waals surface area contributed by atoms with Crippen molar-refractivity contribution in [3.63, 3.8) is 0 Å². The van der Waals surface area contributed by atoms with Crippen molar-refractivity contribution in [2.45, 2.75) is 44.4 Å². The van der Waals surface area contributed by atoms with Crippen LogP contribution in [0.25, 0.3) is 0 Å². The monoisotopic (exact) mass is 308 g/mol. The predicted octanol–water partition coefficient (Wildman–Crippen LogP) is 2.35. The molecule has 1 aliphatic rings. The number of nitrogens with one attached hydrogen (secondary N) is 1. The molecule has 0 aliphatic carbocycles. The molecule has 2 rings (SSSR count). The van der Waals surface area contributed by atoms with Crippen LogP contribution in [-0.2, 0) is 6.54 Å². The van der Waals surface area contributed by atoms with E-state index in [1.165, 1.54) is 12.0 Å². The normalized spacial score (nSPS) is 24.3.